The summed E-state index contributed by atoms with van der Waals surface area (Å²) in [7, 11) is 0. The van der Waals surface area contributed by atoms with Crippen LogP contribution in [-0.2, 0) is 13.0 Å². The van der Waals surface area contributed by atoms with Crippen molar-refractivity contribution in [3.63, 3.8) is 0 Å². The molecule has 5 heteroatoms. The van der Waals surface area contributed by atoms with E-state index in [0.717, 1.165) is 42.7 Å². The number of benzene rings is 2. The molecule has 1 amide bonds. The lowest BCUT2D eigenvalue weighted by Gasteiger charge is -2.11. The molecule has 3 rings (SSSR count). The van der Waals surface area contributed by atoms with Gasteiger partial charge in [-0.15, -0.1) is 0 Å². The number of aryl methyl sites for hydroxylation is 2. The second-order valence-electron chi connectivity index (χ2n) is 7.19. The molecule has 3 aromatic rings. The predicted octanol–water partition coefficient (Wildman–Crippen LogP) is 4.58. The van der Waals surface area contributed by atoms with E-state index in [2.05, 4.69) is 29.8 Å². The number of amides is 1. The highest BCUT2D eigenvalue weighted by atomic mass is 19.1. The fourth-order valence-corrected chi connectivity index (χ4v) is 3.14. The molecule has 0 aliphatic carbocycles. The van der Waals surface area contributed by atoms with Crippen LogP contribution in [-0.4, -0.2) is 22.0 Å². The van der Waals surface area contributed by atoms with Crippen molar-refractivity contribution in [2.75, 3.05) is 6.54 Å². The van der Waals surface area contributed by atoms with Crippen molar-refractivity contribution >= 4 is 16.9 Å². The molecule has 1 N–H and O–H groups in total. The maximum atomic E-state index is 13.7. The summed E-state index contributed by atoms with van der Waals surface area (Å²) in [5, 5.41) is 2.80. The van der Waals surface area contributed by atoms with Gasteiger partial charge in [0, 0.05) is 19.5 Å². The lowest BCUT2D eigenvalue weighted by Crippen LogP contribution is -2.25. The van der Waals surface area contributed by atoms with Crippen LogP contribution in [0.5, 0.6) is 0 Å². The van der Waals surface area contributed by atoms with Gasteiger partial charge >= 0.3 is 0 Å². The van der Waals surface area contributed by atoms with E-state index in [9.17, 15) is 9.18 Å². The van der Waals surface area contributed by atoms with E-state index in [-0.39, 0.29) is 11.5 Å². The predicted molar refractivity (Wildman–Crippen MR) is 106 cm³/mol. The summed E-state index contributed by atoms with van der Waals surface area (Å²) in [5.74, 6) is 0.794. The molecule has 0 saturated heterocycles. The third-order valence-electron chi connectivity index (χ3n) is 4.64. The molecule has 0 saturated carbocycles. The number of para-hydroxylation sites is 2. The normalized spacial score (nSPS) is 11.3. The van der Waals surface area contributed by atoms with E-state index >= 15 is 0 Å². The summed E-state index contributed by atoms with van der Waals surface area (Å²) < 4.78 is 15.9. The number of hydrogen-bond donors (Lipinski definition) is 1. The van der Waals surface area contributed by atoms with E-state index in [4.69, 9.17) is 4.98 Å². The van der Waals surface area contributed by atoms with Gasteiger partial charge < -0.3 is 9.88 Å². The van der Waals surface area contributed by atoms with Crippen LogP contribution in [0.25, 0.3) is 11.0 Å². The molecule has 0 unspecified atom stereocenters. The first-order valence-corrected chi connectivity index (χ1v) is 9.53. The number of nitrogens with zero attached hydrogens (tertiary/aromatic N) is 2. The van der Waals surface area contributed by atoms with Crippen LogP contribution in [0.3, 0.4) is 0 Å². The summed E-state index contributed by atoms with van der Waals surface area (Å²) in [6.45, 7) is 5.86. The van der Waals surface area contributed by atoms with Gasteiger partial charge in [0.2, 0.25) is 0 Å². The van der Waals surface area contributed by atoms with Gasteiger partial charge in [0.1, 0.15) is 11.6 Å². The van der Waals surface area contributed by atoms with Gasteiger partial charge in [-0.25, -0.2) is 9.37 Å². The van der Waals surface area contributed by atoms with Gasteiger partial charge in [-0.3, -0.25) is 4.79 Å². The van der Waals surface area contributed by atoms with Crippen molar-refractivity contribution in [3.05, 3.63) is 65.7 Å². The summed E-state index contributed by atoms with van der Waals surface area (Å²) >= 11 is 0. The summed E-state index contributed by atoms with van der Waals surface area (Å²) in [6, 6.07) is 14.2. The van der Waals surface area contributed by atoms with Gasteiger partial charge in [-0.1, -0.05) is 38.1 Å². The second kappa shape index (κ2) is 8.80. The monoisotopic (exact) mass is 367 g/mol. The first-order valence-electron chi connectivity index (χ1n) is 9.53. The molecule has 2 aromatic carbocycles. The first-order chi connectivity index (χ1) is 13.1. The van der Waals surface area contributed by atoms with Crippen molar-refractivity contribution in [2.24, 2.45) is 5.92 Å². The van der Waals surface area contributed by atoms with E-state index in [1.807, 2.05) is 18.2 Å². The molecule has 0 atom stereocenters. The van der Waals surface area contributed by atoms with Crippen molar-refractivity contribution in [1.29, 1.82) is 0 Å². The molecule has 4 nitrogen and oxygen atoms in total. The Hall–Kier alpha value is -2.69. The quantitative estimate of drug-likeness (QED) is 0.592. The van der Waals surface area contributed by atoms with Crippen LogP contribution in [0.2, 0.25) is 0 Å². The Bertz CT molecular complexity index is 917. The Balaban J connectivity index is 1.62. The van der Waals surface area contributed by atoms with Gasteiger partial charge in [-0.2, -0.15) is 0 Å². The third-order valence-corrected chi connectivity index (χ3v) is 4.64. The summed E-state index contributed by atoms with van der Waals surface area (Å²) in [5.41, 5.74) is 2.25. The molecular weight excluding hydrogens is 341 g/mol. The number of carbonyl (C=O) groups excluding carboxylic acids is 1. The zero-order valence-electron chi connectivity index (χ0n) is 15.9. The molecule has 142 valence electrons. The Morgan fingerprint density at radius 2 is 1.89 bits per heavy atom. The maximum Gasteiger partial charge on any atom is 0.254 e. The number of aromatic nitrogens is 2. The number of rotatable bonds is 8. The lowest BCUT2D eigenvalue weighted by molar-refractivity contribution is 0.0949. The molecule has 1 aromatic heterocycles. The molecule has 1 heterocycles. The second-order valence-corrected chi connectivity index (χ2v) is 7.19. The molecule has 0 fully saturated rings. The van der Waals surface area contributed by atoms with Crippen LogP contribution < -0.4 is 5.32 Å². The minimum atomic E-state index is -0.495. The Morgan fingerprint density at radius 3 is 2.67 bits per heavy atom. The first kappa shape index (κ1) is 19.1. The number of carbonyl (C=O) groups is 1. The number of imidazole rings is 1. The van der Waals surface area contributed by atoms with Crippen molar-refractivity contribution < 1.29 is 9.18 Å². The zero-order valence-corrected chi connectivity index (χ0v) is 15.9. The molecule has 0 radical (unpaired) electrons. The van der Waals surface area contributed by atoms with Crippen molar-refractivity contribution in [1.82, 2.24) is 14.9 Å². The van der Waals surface area contributed by atoms with Crippen molar-refractivity contribution in [2.45, 2.75) is 39.7 Å². The Kier molecular flexibility index (Phi) is 6.22. The minimum Gasteiger partial charge on any atom is -0.352 e. The molecule has 27 heavy (non-hydrogen) atoms. The smallest absolute Gasteiger partial charge is 0.254 e. The standard InChI is InChI=1S/C22H26FN3O/c1-16(2)13-15-26-20-11-6-5-10-19(20)25-21(26)12-7-14-24-22(27)17-8-3-4-9-18(17)23/h3-6,8-11,16H,7,12-15H2,1-2H3,(H,24,27). The van der Waals surface area contributed by atoms with E-state index in [1.54, 1.807) is 12.1 Å². The number of halogens is 1. The van der Waals surface area contributed by atoms with Crippen LogP contribution in [0.4, 0.5) is 4.39 Å². The van der Waals surface area contributed by atoms with E-state index in [0.29, 0.717) is 12.5 Å². The number of nitrogens with one attached hydrogen (secondary N) is 1. The fraction of sp³-hybridized carbons (Fsp3) is 0.364. The van der Waals surface area contributed by atoms with Gasteiger partial charge in [0.25, 0.3) is 5.91 Å². The average molecular weight is 367 g/mol. The third kappa shape index (κ3) is 4.73. The fourth-order valence-electron chi connectivity index (χ4n) is 3.14. The highest BCUT2D eigenvalue weighted by Gasteiger charge is 2.12. The van der Waals surface area contributed by atoms with Crippen LogP contribution >= 0.6 is 0 Å². The molecule has 0 spiro atoms. The highest BCUT2D eigenvalue weighted by molar-refractivity contribution is 5.94. The molecule has 0 bridgehead atoms. The Labute approximate surface area is 159 Å². The van der Waals surface area contributed by atoms with Gasteiger partial charge in [0.15, 0.2) is 0 Å². The lowest BCUT2D eigenvalue weighted by atomic mass is 10.1. The maximum absolute atomic E-state index is 13.7. The number of fused-ring (bicyclic) bond motifs is 1. The summed E-state index contributed by atoms with van der Waals surface area (Å²) in [6.07, 6.45) is 2.62. The van der Waals surface area contributed by atoms with Crippen LogP contribution in [0.1, 0.15) is 42.9 Å². The van der Waals surface area contributed by atoms with E-state index < -0.39 is 5.82 Å². The van der Waals surface area contributed by atoms with Gasteiger partial charge in [-0.05, 0) is 43.0 Å². The van der Waals surface area contributed by atoms with Crippen LogP contribution in [0.15, 0.2) is 48.5 Å². The topological polar surface area (TPSA) is 46.9 Å². The minimum absolute atomic E-state index is 0.0849. The van der Waals surface area contributed by atoms with Crippen molar-refractivity contribution in [3.8, 4) is 0 Å². The zero-order chi connectivity index (χ0) is 19.2. The highest BCUT2D eigenvalue weighted by Crippen LogP contribution is 2.19. The summed E-state index contributed by atoms with van der Waals surface area (Å²) in [4.78, 5) is 16.9. The van der Waals surface area contributed by atoms with E-state index in [1.165, 1.54) is 12.1 Å². The largest absolute Gasteiger partial charge is 0.352 e. The molecular formula is C22H26FN3O. The number of hydrogen-bond acceptors (Lipinski definition) is 2. The van der Waals surface area contributed by atoms with Crippen LogP contribution in [0, 0.1) is 11.7 Å². The SMILES string of the molecule is CC(C)CCn1c(CCCNC(=O)c2ccccc2F)nc2ccccc21. The molecule has 0 aliphatic rings. The Morgan fingerprint density at radius 1 is 1.15 bits per heavy atom. The molecule has 0 aliphatic heterocycles. The van der Waals surface area contributed by atoms with Gasteiger partial charge in [0.05, 0.1) is 16.6 Å². The average Bonchev–Trinajstić information content (AvgIpc) is 3.01.